The van der Waals surface area contributed by atoms with E-state index in [4.69, 9.17) is 8.83 Å². The maximum Gasteiger partial charge on any atom is 0.333 e. The second-order valence-corrected chi connectivity index (χ2v) is 23.2. The number of thiophene rings is 1. The van der Waals surface area contributed by atoms with Crippen LogP contribution in [0.25, 0.3) is 103 Å². The topological polar surface area (TPSA) is 34.5 Å². The van der Waals surface area contributed by atoms with Gasteiger partial charge in [-0.15, -0.1) is 11.3 Å². The first kappa shape index (κ1) is 38.5. The smallest absolute Gasteiger partial charge is 0.333 e. The fourth-order valence-corrected chi connectivity index (χ4v) is 12.7. The van der Waals surface area contributed by atoms with Crippen molar-refractivity contribution in [1.29, 1.82) is 0 Å². The van der Waals surface area contributed by atoms with Crippen LogP contribution in [0.1, 0.15) is 79.0 Å². The van der Waals surface area contributed by atoms with Crippen LogP contribution in [0.2, 0.25) is 0 Å². The van der Waals surface area contributed by atoms with E-state index in [0.29, 0.717) is 0 Å². The van der Waals surface area contributed by atoms with Gasteiger partial charge in [-0.2, -0.15) is 0 Å². The van der Waals surface area contributed by atoms with Crippen LogP contribution in [0, 0.1) is 0 Å². The minimum absolute atomic E-state index is 0.0123. The molecule has 0 radical (unpaired) electrons. The molecule has 0 saturated heterocycles. The largest absolute Gasteiger partial charge is 0.456 e. The van der Waals surface area contributed by atoms with Crippen LogP contribution < -0.4 is 15.7 Å². The average molecular weight is 873 g/mol. The van der Waals surface area contributed by atoms with Crippen LogP contribution in [0.5, 0.6) is 0 Å². The summed E-state index contributed by atoms with van der Waals surface area (Å²) >= 11 is 1.90. The average Bonchev–Trinajstić information content (AvgIpc) is 4.04. The summed E-state index contributed by atoms with van der Waals surface area (Å²) < 4.78 is 19.2. The van der Waals surface area contributed by atoms with Gasteiger partial charge in [-0.1, -0.05) is 129 Å². The number of anilines is 2. The number of furan rings is 2. The normalized spacial score (nSPS) is 14.1. The van der Waals surface area contributed by atoms with Crippen molar-refractivity contribution in [1.82, 2.24) is 4.57 Å². The van der Waals surface area contributed by atoms with Gasteiger partial charge in [0.1, 0.15) is 22.3 Å². The lowest BCUT2D eigenvalue weighted by Crippen LogP contribution is -2.60. The van der Waals surface area contributed by atoms with Crippen molar-refractivity contribution < 1.29 is 8.83 Å². The number of rotatable bonds is 1. The number of hydrogen-bond acceptors (Lipinski definition) is 4. The molecule has 4 nitrogen and oxygen atoms in total. The van der Waals surface area contributed by atoms with Crippen LogP contribution in [-0.4, -0.2) is 11.4 Å². The Labute approximate surface area is 388 Å². The second kappa shape index (κ2) is 12.6. The van der Waals surface area contributed by atoms with Crippen LogP contribution in [0.15, 0.2) is 142 Å². The summed E-state index contributed by atoms with van der Waals surface area (Å²) in [7, 11) is 0. The molecule has 0 bridgehead atoms. The minimum Gasteiger partial charge on any atom is -0.456 e. The summed E-state index contributed by atoms with van der Waals surface area (Å²) in [5, 5.41) is 9.60. The standard InChI is InChI=1S/C60H49BN2O2S/c1-58(2,3)32-18-22-35(23-19-32)63-45-31-51-40(39-26-34(60(7,8)9)21-25-50(39)66-51)28-42(45)52-53-37-15-11-13-17-48(37)65-57(53)54-41-27-33(59(4,5)6)20-24-44(41)62-46-30-49-38(36-14-10-12-16-47(36)64-49)29-43(46)61(63)55(52)56(54)62/h10-31H,1-9H3. The quantitative estimate of drug-likeness (QED) is 0.154. The molecule has 66 heavy (non-hydrogen) atoms. The molecular formula is C60H49BN2O2S. The van der Waals surface area contributed by atoms with Gasteiger partial charge in [0.2, 0.25) is 0 Å². The number of para-hydroxylation sites is 2. The Bertz CT molecular complexity index is 4120. The Morgan fingerprint density at radius 2 is 1.12 bits per heavy atom. The Hall–Kier alpha value is -6.76. The molecule has 4 aromatic heterocycles. The van der Waals surface area contributed by atoms with Crippen molar-refractivity contribution in [3.05, 3.63) is 150 Å². The van der Waals surface area contributed by atoms with Crippen molar-refractivity contribution in [3.63, 3.8) is 0 Å². The summed E-state index contributed by atoms with van der Waals surface area (Å²) in [6.45, 7) is 20.6. The number of hydrogen-bond donors (Lipinski definition) is 0. The number of fused-ring (bicyclic) bond motifs is 19. The molecule has 320 valence electrons. The molecule has 0 saturated carbocycles. The van der Waals surface area contributed by atoms with E-state index in [9.17, 15) is 0 Å². The van der Waals surface area contributed by atoms with E-state index in [0.717, 1.165) is 44.2 Å². The minimum atomic E-state index is -0.181. The zero-order chi connectivity index (χ0) is 44.9. The highest BCUT2D eigenvalue weighted by atomic mass is 32.1. The first-order valence-electron chi connectivity index (χ1n) is 23.4. The summed E-state index contributed by atoms with van der Waals surface area (Å²) in [6.07, 6.45) is 0. The molecule has 0 spiro atoms. The molecule has 2 aliphatic heterocycles. The molecule has 0 N–H and O–H groups in total. The molecule has 0 fully saturated rings. The fraction of sp³-hybridized carbons (Fsp3) is 0.200. The Kier molecular flexibility index (Phi) is 7.33. The monoisotopic (exact) mass is 872 g/mol. The molecule has 0 aliphatic carbocycles. The molecule has 0 unspecified atom stereocenters. The van der Waals surface area contributed by atoms with Gasteiger partial charge in [0.15, 0.2) is 0 Å². The summed E-state index contributed by atoms with van der Waals surface area (Å²) in [5.41, 5.74) is 18.6. The van der Waals surface area contributed by atoms with E-state index in [1.807, 2.05) is 11.3 Å². The number of nitrogens with zero attached hydrogens (tertiary/aromatic N) is 2. The van der Waals surface area contributed by atoms with Gasteiger partial charge in [0.05, 0.1) is 16.4 Å². The number of aromatic nitrogens is 1. The van der Waals surface area contributed by atoms with E-state index in [2.05, 4.69) is 205 Å². The van der Waals surface area contributed by atoms with Crippen molar-refractivity contribution in [2.45, 2.75) is 78.6 Å². The van der Waals surface area contributed by atoms with Gasteiger partial charge in [-0.05, 0) is 110 Å². The van der Waals surface area contributed by atoms with E-state index in [1.54, 1.807) is 0 Å². The van der Waals surface area contributed by atoms with Crippen molar-refractivity contribution >= 4 is 126 Å². The summed E-state index contributed by atoms with van der Waals surface area (Å²) in [4.78, 5) is 2.68. The molecule has 6 heterocycles. The SMILES string of the molecule is CC(C)(C)c1ccc(N2B3c4cc5c(cc4-n4c6ccc(C(C)(C)C)cc6c6c7oc8ccccc8c7c(c3c64)-c3cc4c(cc32)sc2ccc(C(C)(C)C)cc24)oc2ccccc25)cc1. The third-order valence-electron chi connectivity index (χ3n) is 15.0. The third kappa shape index (κ3) is 5.06. The maximum atomic E-state index is 7.26. The van der Waals surface area contributed by atoms with E-state index >= 15 is 0 Å². The first-order valence-corrected chi connectivity index (χ1v) is 24.3. The van der Waals surface area contributed by atoms with E-state index in [-0.39, 0.29) is 23.1 Å². The van der Waals surface area contributed by atoms with Crippen LogP contribution >= 0.6 is 11.3 Å². The third-order valence-corrected chi connectivity index (χ3v) is 16.2. The van der Waals surface area contributed by atoms with E-state index < -0.39 is 0 Å². The van der Waals surface area contributed by atoms with Gasteiger partial charge < -0.3 is 18.2 Å². The molecule has 14 rings (SSSR count). The first-order chi connectivity index (χ1) is 31.6. The van der Waals surface area contributed by atoms with E-state index in [1.165, 1.54) is 97.5 Å². The molecule has 0 atom stereocenters. The van der Waals surface area contributed by atoms with Crippen LogP contribution in [0.4, 0.5) is 11.4 Å². The van der Waals surface area contributed by atoms with Gasteiger partial charge in [-0.25, -0.2) is 0 Å². The fourth-order valence-electron chi connectivity index (χ4n) is 11.6. The molecule has 8 aromatic carbocycles. The molecular weight excluding hydrogens is 824 g/mol. The second-order valence-electron chi connectivity index (χ2n) is 22.1. The molecule has 2 aliphatic rings. The van der Waals surface area contributed by atoms with Gasteiger partial charge in [-0.3, -0.25) is 0 Å². The zero-order valence-electron chi connectivity index (χ0n) is 38.9. The highest BCUT2D eigenvalue weighted by Crippen LogP contribution is 2.54. The maximum absolute atomic E-state index is 7.26. The van der Waals surface area contributed by atoms with Crippen molar-refractivity contribution in [3.8, 4) is 16.8 Å². The van der Waals surface area contributed by atoms with Crippen LogP contribution in [-0.2, 0) is 16.2 Å². The molecule has 6 heteroatoms. The van der Waals surface area contributed by atoms with Gasteiger partial charge in [0, 0.05) is 75.8 Å². The predicted molar refractivity (Wildman–Crippen MR) is 283 cm³/mol. The molecule has 12 aromatic rings. The highest BCUT2D eigenvalue weighted by molar-refractivity contribution is 7.25. The lowest BCUT2D eigenvalue weighted by atomic mass is 9.43. The Morgan fingerprint density at radius 3 is 1.85 bits per heavy atom. The highest BCUT2D eigenvalue weighted by Gasteiger charge is 2.46. The van der Waals surface area contributed by atoms with Gasteiger partial charge in [0.25, 0.3) is 0 Å². The van der Waals surface area contributed by atoms with Gasteiger partial charge >= 0.3 is 6.85 Å². The molecule has 0 amide bonds. The van der Waals surface area contributed by atoms with Crippen LogP contribution in [0.3, 0.4) is 0 Å². The lowest BCUT2D eigenvalue weighted by molar-refractivity contribution is 0.590. The Morgan fingerprint density at radius 1 is 0.485 bits per heavy atom. The Balaban J connectivity index is 1.23. The zero-order valence-corrected chi connectivity index (χ0v) is 39.7. The van der Waals surface area contributed by atoms with Crippen molar-refractivity contribution in [2.75, 3.05) is 4.81 Å². The summed E-state index contributed by atoms with van der Waals surface area (Å²) in [6, 6.07) is 50.7. The summed E-state index contributed by atoms with van der Waals surface area (Å²) in [5.74, 6) is 0. The van der Waals surface area contributed by atoms with Crippen molar-refractivity contribution in [2.24, 2.45) is 0 Å². The number of benzene rings is 8. The predicted octanol–water partition coefficient (Wildman–Crippen LogP) is 16.1. The lowest BCUT2D eigenvalue weighted by Gasteiger charge is -2.42.